The molecular formula is C24H21ClN4O3. The van der Waals surface area contributed by atoms with E-state index in [0.717, 1.165) is 5.69 Å². The minimum atomic E-state index is -0.313. The molecule has 1 heterocycles. The smallest absolute Gasteiger partial charge is 0.280 e. The minimum absolute atomic E-state index is 0.313. The van der Waals surface area contributed by atoms with Gasteiger partial charge in [-0.3, -0.25) is 4.79 Å². The second-order valence-corrected chi connectivity index (χ2v) is 7.23. The number of benzene rings is 3. The van der Waals surface area contributed by atoms with E-state index >= 15 is 0 Å². The van der Waals surface area contributed by atoms with Crippen LogP contribution in [-0.4, -0.2) is 29.9 Å². The molecule has 8 heteroatoms. The number of para-hydroxylation sites is 4. The average molecular weight is 449 g/mol. The Morgan fingerprint density at radius 3 is 2.00 bits per heavy atom. The summed E-state index contributed by atoms with van der Waals surface area (Å²) in [5.41, 5.74) is 1.87. The fourth-order valence-corrected chi connectivity index (χ4v) is 3.30. The van der Waals surface area contributed by atoms with Gasteiger partial charge in [0.1, 0.15) is 17.3 Å². The third-order valence-electron chi connectivity index (χ3n) is 4.73. The Bertz CT molecular complexity index is 1240. The van der Waals surface area contributed by atoms with Crippen LogP contribution in [0.25, 0.3) is 0 Å². The molecule has 2 N–H and O–H groups in total. The molecule has 0 spiro atoms. The van der Waals surface area contributed by atoms with Crippen LogP contribution in [0.3, 0.4) is 0 Å². The van der Waals surface area contributed by atoms with Crippen LogP contribution in [0.1, 0.15) is 10.4 Å². The van der Waals surface area contributed by atoms with Gasteiger partial charge in [-0.2, -0.15) is 4.68 Å². The predicted octanol–water partition coefficient (Wildman–Crippen LogP) is 5.73. The SMILES string of the molecule is COc1ccccc1Nc1cc(Nc2ccccc2OC)n(C(=O)c2ccc(Cl)cc2)n1. The highest BCUT2D eigenvalue weighted by atomic mass is 35.5. The van der Waals surface area contributed by atoms with Crippen molar-refractivity contribution < 1.29 is 14.3 Å². The maximum Gasteiger partial charge on any atom is 0.280 e. The molecule has 0 aliphatic heterocycles. The Morgan fingerprint density at radius 2 is 1.41 bits per heavy atom. The van der Waals surface area contributed by atoms with E-state index in [4.69, 9.17) is 21.1 Å². The molecule has 1 aromatic heterocycles. The summed E-state index contributed by atoms with van der Waals surface area (Å²) in [4.78, 5) is 13.2. The van der Waals surface area contributed by atoms with Gasteiger partial charge in [-0.05, 0) is 48.5 Å². The molecule has 0 bridgehead atoms. The summed E-state index contributed by atoms with van der Waals surface area (Å²) in [7, 11) is 3.18. The van der Waals surface area contributed by atoms with E-state index in [1.165, 1.54) is 4.68 Å². The summed E-state index contributed by atoms with van der Waals surface area (Å²) in [6.45, 7) is 0. The lowest BCUT2D eigenvalue weighted by Gasteiger charge is -2.11. The number of aromatic nitrogens is 2. The van der Waals surface area contributed by atoms with Crippen LogP contribution in [0.4, 0.5) is 23.0 Å². The van der Waals surface area contributed by atoms with E-state index in [-0.39, 0.29) is 5.91 Å². The lowest BCUT2D eigenvalue weighted by atomic mass is 10.2. The largest absolute Gasteiger partial charge is 0.495 e. The third-order valence-corrected chi connectivity index (χ3v) is 4.98. The molecule has 7 nitrogen and oxygen atoms in total. The highest BCUT2D eigenvalue weighted by Gasteiger charge is 2.18. The topological polar surface area (TPSA) is 77.4 Å². The standard InChI is InChI=1S/C24H21ClN4O3/c1-31-20-9-5-3-7-18(20)26-22-15-23(27-19-8-4-6-10-21(19)32-2)29(28-22)24(30)16-11-13-17(25)14-12-16/h3-15,27H,1-2H3,(H,26,28). The van der Waals surface area contributed by atoms with Gasteiger partial charge < -0.3 is 20.1 Å². The first-order chi connectivity index (χ1) is 15.6. The molecule has 162 valence electrons. The lowest BCUT2D eigenvalue weighted by molar-refractivity contribution is 0.0948. The van der Waals surface area contributed by atoms with Crippen molar-refractivity contribution in [1.82, 2.24) is 9.78 Å². The summed E-state index contributed by atoms with van der Waals surface area (Å²) >= 11 is 5.98. The maximum atomic E-state index is 13.2. The predicted molar refractivity (Wildman–Crippen MR) is 126 cm³/mol. The Balaban J connectivity index is 1.74. The van der Waals surface area contributed by atoms with Gasteiger partial charge in [0.05, 0.1) is 25.6 Å². The molecule has 0 saturated carbocycles. The molecule has 0 aliphatic rings. The Labute approximate surface area is 190 Å². The molecule has 4 rings (SSSR count). The van der Waals surface area contributed by atoms with Crippen LogP contribution >= 0.6 is 11.6 Å². The van der Waals surface area contributed by atoms with Crippen LogP contribution in [0.2, 0.25) is 5.02 Å². The number of hydrogen-bond acceptors (Lipinski definition) is 6. The fraction of sp³-hybridized carbons (Fsp3) is 0.0833. The molecule has 0 amide bonds. The molecule has 4 aromatic rings. The number of halogens is 1. The van der Waals surface area contributed by atoms with Gasteiger partial charge >= 0.3 is 0 Å². The lowest BCUT2D eigenvalue weighted by Crippen LogP contribution is -2.16. The van der Waals surface area contributed by atoms with E-state index in [1.807, 2.05) is 48.5 Å². The van der Waals surface area contributed by atoms with E-state index < -0.39 is 0 Å². The van der Waals surface area contributed by atoms with Gasteiger partial charge in [-0.25, -0.2) is 0 Å². The van der Waals surface area contributed by atoms with Crippen molar-refractivity contribution in [3.63, 3.8) is 0 Å². The molecule has 0 atom stereocenters. The Hall–Kier alpha value is -3.97. The molecule has 32 heavy (non-hydrogen) atoms. The second kappa shape index (κ2) is 9.45. The molecule has 0 aliphatic carbocycles. The minimum Gasteiger partial charge on any atom is -0.495 e. The number of rotatable bonds is 7. The average Bonchev–Trinajstić information content (AvgIpc) is 3.21. The van der Waals surface area contributed by atoms with Crippen LogP contribution in [0.5, 0.6) is 11.5 Å². The molecule has 0 radical (unpaired) electrons. The first-order valence-electron chi connectivity index (χ1n) is 9.79. The van der Waals surface area contributed by atoms with Crippen molar-refractivity contribution >= 4 is 40.5 Å². The van der Waals surface area contributed by atoms with Crippen LogP contribution < -0.4 is 20.1 Å². The van der Waals surface area contributed by atoms with E-state index in [1.54, 1.807) is 44.6 Å². The van der Waals surface area contributed by atoms with Gasteiger partial charge in [0.15, 0.2) is 5.82 Å². The van der Waals surface area contributed by atoms with E-state index in [0.29, 0.717) is 39.4 Å². The number of ether oxygens (including phenoxy) is 2. The number of nitrogens with one attached hydrogen (secondary N) is 2. The Morgan fingerprint density at radius 1 is 0.844 bits per heavy atom. The fourth-order valence-electron chi connectivity index (χ4n) is 3.17. The van der Waals surface area contributed by atoms with Crippen molar-refractivity contribution in [2.75, 3.05) is 24.9 Å². The quantitative estimate of drug-likeness (QED) is 0.376. The van der Waals surface area contributed by atoms with Crippen molar-refractivity contribution in [2.24, 2.45) is 0 Å². The summed E-state index contributed by atoms with van der Waals surface area (Å²) < 4.78 is 12.1. The van der Waals surface area contributed by atoms with Crippen molar-refractivity contribution in [2.45, 2.75) is 0 Å². The van der Waals surface area contributed by atoms with E-state index in [2.05, 4.69) is 15.7 Å². The van der Waals surface area contributed by atoms with E-state index in [9.17, 15) is 4.79 Å². The third kappa shape index (κ3) is 4.53. The van der Waals surface area contributed by atoms with Gasteiger partial charge in [0.2, 0.25) is 0 Å². The molecular weight excluding hydrogens is 428 g/mol. The van der Waals surface area contributed by atoms with Crippen molar-refractivity contribution in [3.8, 4) is 11.5 Å². The summed E-state index contributed by atoms with van der Waals surface area (Å²) in [5, 5.41) is 11.5. The normalized spacial score (nSPS) is 10.5. The van der Waals surface area contributed by atoms with Gasteiger partial charge in [-0.15, -0.1) is 5.10 Å². The highest BCUT2D eigenvalue weighted by molar-refractivity contribution is 6.30. The zero-order valence-corrected chi connectivity index (χ0v) is 18.3. The number of carbonyl (C=O) groups is 1. The molecule has 0 unspecified atom stereocenters. The zero-order chi connectivity index (χ0) is 22.5. The van der Waals surface area contributed by atoms with Crippen LogP contribution in [-0.2, 0) is 0 Å². The Kier molecular flexibility index (Phi) is 6.28. The molecule has 0 saturated heterocycles. The second-order valence-electron chi connectivity index (χ2n) is 6.79. The summed E-state index contributed by atoms with van der Waals surface area (Å²) in [6, 6.07) is 23.3. The number of carbonyl (C=O) groups excluding carboxylic acids is 1. The van der Waals surface area contributed by atoms with Gasteiger partial charge in [0, 0.05) is 16.7 Å². The first kappa shape index (κ1) is 21.3. The number of hydrogen-bond donors (Lipinski definition) is 2. The first-order valence-corrected chi connectivity index (χ1v) is 10.2. The van der Waals surface area contributed by atoms with Crippen molar-refractivity contribution in [3.05, 3.63) is 89.4 Å². The maximum absolute atomic E-state index is 13.2. The number of methoxy groups -OCH3 is 2. The monoisotopic (exact) mass is 448 g/mol. The van der Waals surface area contributed by atoms with Crippen LogP contribution in [0.15, 0.2) is 78.9 Å². The zero-order valence-electron chi connectivity index (χ0n) is 17.5. The van der Waals surface area contributed by atoms with Gasteiger partial charge in [-0.1, -0.05) is 35.9 Å². The molecule has 0 fully saturated rings. The van der Waals surface area contributed by atoms with Gasteiger partial charge in [0.25, 0.3) is 5.91 Å². The summed E-state index contributed by atoms with van der Waals surface area (Å²) in [6.07, 6.45) is 0. The highest BCUT2D eigenvalue weighted by Crippen LogP contribution is 2.31. The molecule has 3 aromatic carbocycles. The number of anilines is 4. The number of nitrogens with zero attached hydrogens (tertiary/aromatic N) is 2. The van der Waals surface area contributed by atoms with Crippen molar-refractivity contribution in [1.29, 1.82) is 0 Å². The summed E-state index contributed by atoms with van der Waals surface area (Å²) in [5.74, 6) is 1.91. The van der Waals surface area contributed by atoms with Crippen LogP contribution in [0, 0.1) is 0 Å².